The Kier molecular flexibility index (Phi) is 4.01. The maximum atomic E-state index is 12.6. The fourth-order valence-corrected chi connectivity index (χ4v) is 4.14. The third-order valence-electron chi connectivity index (χ3n) is 3.83. The number of aliphatic carboxylic acids is 1. The molecule has 2 saturated heterocycles. The average Bonchev–Trinajstić information content (AvgIpc) is 3.04. The number of nitrogens with zero attached hydrogens (tertiary/aromatic N) is 4. The van der Waals surface area contributed by atoms with E-state index in [1.807, 2.05) is 0 Å². The number of ether oxygens (including phenoxy) is 1. The van der Waals surface area contributed by atoms with Gasteiger partial charge in [-0.2, -0.15) is 5.21 Å². The number of methoxy groups -OCH3 is 1. The number of β-lactam (4-membered cyclic amide) rings is 1. The number of tetrazole rings is 1. The lowest BCUT2D eigenvalue weighted by molar-refractivity contribution is -0.201. The van der Waals surface area contributed by atoms with E-state index >= 15 is 0 Å². The summed E-state index contributed by atoms with van der Waals surface area (Å²) in [6.07, 6.45) is -0.193. The summed E-state index contributed by atoms with van der Waals surface area (Å²) >= 11 is 1.28. The minimum absolute atomic E-state index is 0.162. The number of rotatable bonds is 5. The summed E-state index contributed by atoms with van der Waals surface area (Å²) in [6, 6.07) is -1.12. The van der Waals surface area contributed by atoms with Crippen LogP contribution in [0.4, 0.5) is 0 Å². The molecule has 24 heavy (non-hydrogen) atoms. The van der Waals surface area contributed by atoms with Crippen LogP contribution in [0.2, 0.25) is 0 Å². The number of fused-ring (bicyclic) bond motifs is 1. The van der Waals surface area contributed by atoms with Crippen molar-refractivity contribution in [1.29, 1.82) is 0 Å². The van der Waals surface area contributed by atoms with Crippen molar-refractivity contribution in [2.75, 3.05) is 12.9 Å². The van der Waals surface area contributed by atoms with E-state index in [1.54, 1.807) is 0 Å². The summed E-state index contributed by atoms with van der Waals surface area (Å²) in [5, 5.41) is 24.1. The van der Waals surface area contributed by atoms with Crippen LogP contribution >= 0.6 is 11.8 Å². The van der Waals surface area contributed by atoms with Crippen LogP contribution in [0.1, 0.15) is 5.82 Å². The molecule has 2 unspecified atom stereocenters. The number of thioether (sulfide) groups is 1. The summed E-state index contributed by atoms with van der Waals surface area (Å²) in [5.41, 5.74) is -1.19. The molecule has 1 aromatic rings. The Hall–Kier alpha value is -2.47. The number of aromatic nitrogens is 4. The lowest BCUT2D eigenvalue weighted by atomic mass is 9.95. The highest BCUT2D eigenvalue weighted by molar-refractivity contribution is 8.00. The van der Waals surface area contributed by atoms with E-state index in [1.165, 1.54) is 18.9 Å². The van der Waals surface area contributed by atoms with Gasteiger partial charge in [-0.25, -0.2) is 4.79 Å². The normalized spacial score (nSPS) is 29.0. The van der Waals surface area contributed by atoms with Crippen LogP contribution in [0.3, 0.4) is 0 Å². The van der Waals surface area contributed by atoms with E-state index in [4.69, 9.17) is 4.74 Å². The van der Waals surface area contributed by atoms with Gasteiger partial charge in [-0.05, 0) is 5.57 Å². The molecule has 0 saturated carbocycles. The average molecular weight is 354 g/mol. The fourth-order valence-electron chi connectivity index (χ4n) is 2.75. The highest BCUT2D eigenvalue weighted by Gasteiger charge is 2.67. The predicted molar refractivity (Wildman–Crippen MR) is 79.4 cm³/mol. The number of carbonyl (C=O) groups is 3. The molecular formula is C12H14N6O5S. The molecule has 3 heterocycles. The molecule has 1 aromatic heterocycles. The van der Waals surface area contributed by atoms with Crippen molar-refractivity contribution < 1.29 is 24.2 Å². The molecule has 3 rings (SSSR count). The molecule has 2 aliphatic heterocycles. The van der Waals surface area contributed by atoms with Gasteiger partial charge in [0.15, 0.2) is 11.9 Å². The van der Waals surface area contributed by atoms with Crippen molar-refractivity contribution in [3.63, 3.8) is 0 Å². The molecule has 128 valence electrons. The number of nitrogens with one attached hydrogen (secondary N) is 2. The van der Waals surface area contributed by atoms with E-state index < -0.39 is 34.9 Å². The van der Waals surface area contributed by atoms with Crippen LogP contribution in [0, 0.1) is 0 Å². The van der Waals surface area contributed by atoms with Crippen LogP contribution in [-0.4, -0.2) is 78.4 Å². The Morgan fingerprint density at radius 1 is 1.62 bits per heavy atom. The summed E-state index contributed by atoms with van der Waals surface area (Å²) in [7, 11) is 1.28. The Bertz CT molecular complexity index is 709. The van der Waals surface area contributed by atoms with Gasteiger partial charge in [0.25, 0.3) is 11.6 Å². The molecule has 3 N–H and O–H groups in total. The number of carboxylic acids is 1. The molecule has 11 nitrogen and oxygen atoms in total. The maximum absolute atomic E-state index is 12.6. The Balaban J connectivity index is 1.78. The lowest BCUT2D eigenvalue weighted by Gasteiger charge is -2.58. The van der Waals surface area contributed by atoms with Crippen LogP contribution < -0.4 is 5.32 Å². The third kappa shape index (κ3) is 2.34. The Morgan fingerprint density at radius 3 is 2.96 bits per heavy atom. The molecule has 2 amide bonds. The molecule has 12 heteroatoms. The number of carbonyl (C=O) groups excluding carboxylic acids is 2. The first-order valence-corrected chi connectivity index (χ1v) is 7.89. The Morgan fingerprint density at radius 2 is 2.38 bits per heavy atom. The van der Waals surface area contributed by atoms with Gasteiger partial charge in [-0.3, -0.25) is 9.59 Å². The molecular weight excluding hydrogens is 340 g/mol. The first-order chi connectivity index (χ1) is 11.4. The SMILES string of the molecule is C=C1CS[C@@H]2N(C(=O)C2(NC(=O)Cc2nn[nH]n2)OC)C1C(=O)O. The minimum Gasteiger partial charge on any atom is -0.479 e. The summed E-state index contributed by atoms with van der Waals surface area (Å²) in [5.74, 6) is -1.82. The lowest BCUT2D eigenvalue weighted by Crippen LogP contribution is -2.83. The molecule has 0 bridgehead atoms. The molecule has 0 spiro atoms. The van der Waals surface area contributed by atoms with Crippen LogP contribution in [0.15, 0.2) is 12.2 Å². The maximum Gasteiger partial charge on any atom is 0.330 e. The molecule has 3 atom stereocenters. The minimum atomic E-state index is -1.61. The van der Waals surface area contributed by atoms with Crippen molar-refractivity contribution in [3.8, 4) is 0 Å². The van der Waals surface area contributed by atoms with E-state index in [2.05, 4.69) is 32.5 Å². The largest absolute Gasteiger partial charge is 0.479 e. The number of aromatic amines is 1. The highest BCUT2D eigenvalue weighted by atomic mass is 32.2. The van der Waals surface area contributed by atoms with E-state index in [0.29, 0.717) is 11.3 Å². The fraction of sp³-hybridized carbons (Fsp3) is 0.500. The predicted octanol–water partition coefficient (Wildman–Crippen LogP) is -1.87. The first-order valence-electron chi connectivity index (χ1n) is 6.84. The standard InChI is InChI=1S/C12H14N6O5S/c1-5-4-24-11-12(23-2,10(22)18(11)8(5)9(20)21)13-7(19)3-6-14-16-17-15-6/h8,11H,1,3-4H2,2H3,(H,13,19)(H,20,21)(H,14,15,16,17)/t8?,11-,12?/m0/s1. The zero-order valence-electron chi connectivity index (χ0n) is 12.6. The van der Waals surface area contributed by atoms with Gasteiger partial charge in [-0.1, -0.05) is 11.8 Å². The number of H-pyrrole nitrogens is 1. The van der Waals surface area contributed by atoms with Gasteiger partial charge in [0.05, 0.1) is 6.42 Å². The van der Waals surface area contributed by atoms with Gasteiger partial charge in [0.1, 0.15) is 5.37 Å². The second kappa shape index (κ2) is 5.87. The van der Waals surface area contributed by atoms with Crippen LogP contribution in [0.5, 0.6) is 0 Å². The monoisotopic (exact) mass is 354 g/mol. The second-order valence-corrected chi connectivity index (χ2v) is 6.34. The first kappa shape index (κ1) is 16.4. The van der Waals surface area contributed by atoms with Crippen molar-refractivity contribution >= 4 is 29.5 Å². The quantitative estimate of drug-likeness (QED) is 0.314. The van der Waals surface area contributed by atoms with Gasteiger partial charge >= 0.3 is 5.97 Å². The van der Waals surface area contributed by atoms with Crippen molar-refractivity contribution in [2.45, 2.75) is 23.6 Å². The zero-order chi connectivity index (χ0) is 17.5. The van der Waals surface area contributed by atoms with Crippen molar-refractivity contribution in [3.05, 3.63) is 18.0 Å². The van der Waals surface area contributed by atoms with Crippen LogP contribution in [-0.2, 0) is 25.5 Å². The number of hydrogen-bond acceptors (Lipinski definition) is 8. The highest BCUT2D eigenvalue weighted by Crippen LogP contribution is 2.46. The van der Waals surface area contributed by atoms with Gasteiger partial charge < -0.3 is 20.1 Å². The number of amides is 2. The number of carboxylic acid groups (broad SMARTS) is 1. The zero-order valence-corrected chi connectivity index (χ0v) is 13.4. The third-order valence-corrected chi connectivity index (χ3v) is 5.25. The van der Waals surface area contributed by atoms with Crippen molar-refractivity contribution in [1.82, 2.24) is 30.8 Å². The smallest absolute Gasteiger partial charge is 0.330 e. The molecule has 0 aliphatic carbocycles. The summed E-state index contributed by atoms with van der Waals surface area (Å²) in [6.45, 7) is 3.70. The van der Waals surface area contributed by atoms with Crippen molar-refractivity contribution in [2.24, 2.45) is 0 Å². The molecule has 0 aromatic carbocycles. The summed E-state index contributed by atoms with van der Waals surface area (Å²) in [4.78, 5) is 37.3. The van der Waals surface area contributed by atoms with E-state index in [-0.39, 0.29) is 12.2 Å². The van der Waals surface area contributed by atoms with Gasteiger partial charge in [0, 0.05) is 12.9 Å². The van der Waals surface area contributed by atoms with Gasteiger partial charge in [0.2, 0.25) is 5.91 Å². The molecule has 2 fully saturated rings. The van der Waals surface area contributed by atoms with E-state index in [0.717, 1.165) is 4.90 Å². The van der Waals surface area contributed by atoms with E-state index in [9.17, 15) is 19.5 Å². The number of hydrogen-bond donors (Lipinski definition) is 3. The summed E-state index contributed by atoms with van der Waals surface area (Å²) < 4.78 is 5.28. The second-order valence-electron chi connectivity index (χ2n) is 5.27. The van der Waals surface area contributed by atoms with Gasteiger partial charge in [-0.15, -0.1) is 22.0 Å². The molecule has 2 aliphatic rings. The molecule has 0 radical (unpaired) electrons. The Labute approximate surface area is 139 Å². The topological polar surface area (TPSA) is 150 Å². The van der Waals surface area contributed by atoms with Crippen LogP contribution in [0.25, 0.3) is 0 Å².